The number of amides is 1. The fraction of sp³-hybridized carbons (Fsp3) is 0.235. The van der Waals surface area contributed by atoms with Crippen molar-refractivity contribution in [2.45, 2.75) is 19.6 Å². The number of halogens is 1. The van der Waals surface area contributed by atoms with Gasteiger partial charge in [0.25, 0.3) is 0 Å². The molecule has 0 fully saturated rings. The maximum atomic E-state index is 14.4. The molecule has 2 heterocycles. The maximum Gasteiger partial charge on any atom is 0.216 e. The summed E-state index contributed by atoms with van der Waals surface area (Å²) in [7, 11) is 0. The van der Waals surface area contributed by atoms with Gasteiger partial charge in [-0.2, -0.15) is 0 Å². The fourth-order valence-corrected chi connectivity index (χ4v) is 2.46. The Balaban J connectivity index is 1.77. The first kappa shape index (κ1) is 16.2. The Morgan fingerprint density at radius 1 is 1.46 bits per heavy atom. The van der Waals surface area contributed by atoms with Gasteiger partial charge in [0.1, 0.15) is 11.9 Å². The van der Waals surface area contributed by atoms with Crippen LogP contribution in [0.15, 0.2) is 42.7 Å². The lowest BCUT2D eigenvalue weighted by Crippen LogP contribution is -2.30. The normalized spacial score (nSPS) is 16.6. The van der Waals surface area contributed by atoms with Crippen molar-refractivity contribution in [3.63, 3.8) is 0 Å². The zero-order valence-corrected chi connectivity index (χ0v) is 13.1. The van der Waals surface area contributed by atoms with Crippen molar-refractivity contribution in [2.24, 2.45) is 0 Å². The summed E-state index contributed by atoms with van der Waals surface area (Å²) in [5, 5.41) is 11.8. The lowest BCUT2D eigenvalue weighted by molar-refractivity contribution is -0.119. The Labute approximate surface area is 138 Å². The average Bonchev–Trinajstić information content (AvgIpc) is 3.22. The molecule has 3 N–H and O–H groups in total. The highest BCUT2D eigenvalue weighted by Gasteiger charge is 2.18. The van der Waals surface area contributed by atoms with Gasteiger partial charge in [-0.25, -0.2) is 4.39 Å². The molecule has 6 nitrogen and oxygen atoms in total. The van der Waals surface area contributed by atoms with E-state index in [0.717, 1.165) is 0 Å². The van der Waals surface area contributed by atoms with Crippen molar-refractivity contribution >= 4 is 11.6 Å². The van der Waals surface area contributed by atoms with Crippen LogP contribution in [0.2, 0.25) is 0 Å². The molecule has 126 valence electrons. The van der Waals surface area contributed by atoms with Crippen LogP contribution in [-0.4, -0.2) is 28.2 Å². The minimum absolute atomic E-state index is 0.0868. The lowest BCUT2D eigenvalue weighted by atomic mass is 10.1. The van der Waals surface area contributed by atoms with Gasteiger partial charge in [-0.05, 0) is 29.8 Å². The van der Waals surface area contributed by atoms with Crippen LogP contribution in [0, 0.1) is 5.82 Å². The molecule has 1 unspecified atom stereocenters. The van der Waals surface area contributed by atoms with Gasteiger partial charge in [-0.3, -0.25) is 15.1 Å². The monoisotopic (exact) mass is 331 g/mol. The predicted molar refractivity (Wildman–Crippen MR) is 86.3 cm³/mol. The molecule has 1 amide bonds. The Kier molecular flexibility index (Phi) is 4.64. The van der Waals surface area contributed by atoms with Crippen molar-refractivity contribution < 1.29 is 19.1 Å². The number of nitrogens with one attached hydrogen (secondary N) is 2. The molecule has 0 radical (unpaired) electrons. The molecule has 0 bridgehead atoms. The van der Waals surface area contributed by atoms with Gasteiger partial charge in [0.2, 0.25) is 5.91 Å². The van der Waals surface area contributed by atoms with Gasteiger partial charge < -0.3 is 15.0 Å². The van der Waals surface area contributed by atoms with Gasteiger partial charge in [0.15, 0.2) is 0 Å². The second-order valence-electron chi connectivity index (χ2n) is 5.53. The minimum Gasteiger partial charge on any atom is -0.392 e. The molecule has 0 aliphatic carbocycles. The van der Waals surface area contributed by atoms with Crippen molar-refractivity contribution in [1.82, 2.24) is 15.4 Å². The Hall–Kier alpha value is -2.64. The predicted octanol–water partition coefficient (Wildman–Crippen LogP) is 1.49. The number of aromatic nitrogens is 1. The number of hydrogen-bond donors (Lipinski definition) is 3. The number of carbonyl (C=O) groups excluding carboxylic acids is 1. The lowest BCUT2D eigenvalue weighted by Gasteiger charge is -2.09. The SMILES string of the molecule is CC(=O)NCC1C=C(c2ccc(-n3ccc(CO)c3)c(F)c2)NO1. The van der Waals surface area contributed by atoms with E-state index >= 15 is 0 Å². The van der Waals surface area contributed by atoms with Crippen molar-refractivity contribution in [1.29, 1.82) is 0 Å². The van der Waals surface area contributed by atoms with Crippen LogP contribution in [0.4, 0.5) is 4.39 Å². The third kappa shape index (κ3) is 3.47. The Morgan fingerprint density at radius 3 is 2.96 bits per heavy atom. The second-order valence-corrected chi connectivity index (χ2v) is 5.53. The first-order chi connectivity index (χ1) is 11.6. The first-order valence-electron chi connectivity index (χ1n) is 7.53. The van der Waals surface area contributed by atoms with Crippen LogP contribution in [0.3, 0.4) is 0 Å². The van der Waals surface area contributed by atoms with Crippen LogP contribution in [0.25, 0.3) is 11.4 Å². The van der Waals surface area contributed by atoms with E-state index in [1.807, 2.05) is 0 Å². The molecule has 1 aromatic heterocycles. The zero-order valence-electron chi connectivity index (χ0n) is 13.1. The van der Waals surface area contributed by atoms with E-state index < -0.39 is 0 Å². The summed E-state index contributed by atoms with van der Waals surface area (Å²) in [5.41, 5.74) is 5.16. The summed E-state index contributed by atoms with van der Waals surface area (Å²) in [5.74, 6) is -0.523. The topological polar surface area (TPSA) is 75.5 Å². The van der Waals surface area contributed by atoms with Gasteiger partial charge in [0.05, 0.1) is 24.5 Å². The standard InChI is InChI=1S/C17H18FN3O3/c1-11(23)19-8-14-7-16(20-24-14)13-2-3-17(15(18)6-13)21-5-4-12(9-21)10-22/h2-7,9,14,20,22H,8,10H2,1H3,(H,19,23). The summed E-state index contributed by atoms with van der Waals surface area (Å²) in [6, 6.07) is 6.58. The average molecular weight is 331 g/mol. The summed E-state index contributed by atoms with van der Waals surface area (Å²) < 4.78 is 16.0. The van der Waals surface area contributed by atoms with Crippen LogP contribution < -0.4 is 10.8 Å². The molecular weight excluding hydrogens is 313 g/mol. The third-order valence-corrected chi connectivity index (χ3v) is 3.70. The second kappa shape index (κ2) is 6.86. The number of carbonyl (C=O) groups is 1. The number of nitrogens with zero attached hydrogens (tertiary/aromatic N) is 1. The van der Waals surface area contributed by atoms with E-state index in [-0.39, 0.29) is 24.4 Å². The summed E-state index contributed by atoms with van der Waals surface area (Å²) in [4.78, 5) is 16.2. The summed E-state index contributed by atoms with van der Waals surface area (Å²) >= 11 is 0. The summed E-state index contributed by atoms with van der Waals surface area (Å²) in [6.45, 7) is 1.70. The number of hydroxylamine groups is 1. The molecular formula is C17H18FN3O3. The van der Waals surface area contributed by atoms with E-state index in [1.165, 1.54) is 13.0 Å². The third-order valence-electron chi connectivity index (χ3n) is 3.70. The number of aliphatic hydroxyl groups is 1. The Morgan fingerprint density at radius 2 is 2.29 bits per heavy atom. The molecule has 1 aliphatic heterocycles. The van der Waals surface area contributed by atoms with Crippen molar-refractivity contribution in [3.8, 4) is 5.69 Å². The molecule has 0 saturated carbocycles. The molecule has 0 saturated heterocycles. The van der Waals surface area contributed by atoms with E-state index in [9.17, 15) is 9.18 Å². The molecule has 7 heteroatoms. The quantitative estimate of drug-likeness (QED) is 0.776. The molecule has 3 rings (SSSR count). The van der Waals surface area contributed by atoms with E-state index in [4.69, 9.17) is 9.94 Å². The van der Waals surface area contributed by atoms with Crippen LogP contribution in [0.5, 0.6) is 0 Å². The molecule has 1 aromatic carbocycles. The summed E-state index contributed by atoms with van der Waals surface area (Å²) in [6.07, 6.45) is 4.87. The smallest absolute Gasteiger partial charge is 0.216 e. The van der Waals surface area contributed by atoms with Gasteiger partial charge in [-0.1, -0.05) is 6.07 Å². The van der Waals surface area contributed by atoms with Gasteiger partial charge >= 0.3 is 0 Å². The Bertz CT molecular complexity index is 785. The highest BCUT2D eigenvalue weighted by atomic mass is 19.1. The molecule has 1 atom stereocenters. The number of benzene rings is 1. The first-order valence-corrected chi connectivity index (χ1v) is 7.53. The van der Waals surface area contributed by atoms with Crippen LogP contribution >= 0.6 is 0 Å². The zero-order chi connectivity index (χ0) is 17.1. The molecule has 2 aromatic rings. The highest BCUT2D eigenvalue weighted by Crippen LogP contribution is 2.23. The number of rotatable bonds is 5. The largest absolute Gasteiger partial charge is 0.392 e. The molecule has 0 spiro atoms. The maximum absolute atomic E-state index is 14.4. The minimum atomic E-state index is -0.388. The van der Waals surface area contributed by atoms with E-state index in [1.54, 1.807) is 41.2 Å². The van der Waals surface area contributed by atoms with Crippen LogP contribution in [-0.2, 0) is 16.2 Å². The van der Waals surface area contributed by atoms with Crippen molar-refractivity contribution in [3.05, 3.63) is 59.7 Å². The number of aliphatic hydroxyl groups excluding tert-OH is 1. The highest BCUT2D eigenvalue weighted by molar-refractivity contribution is 5.73. The molecule has 1 aliphatic rings. The molecule has 24 heavy (non-hydrogen) atoms. The van der Waals surface area contributed by atoms with Crippen molar-refractivity contribution in [2.75, 3.05) is 6.54 Å². The van der Waals surface area contributed by atoms with Crippen LogP contribution in [0.1, 0.15) is 18.1 Å². The number of hydrogen-bond acceptors (Lipinski definition) is 4. The van der Waals surface area contributed by atoms with Gasteiger partial charge in [-0.15, -0.1) is 0 Å². The van der Waals surface area contributed by atoms with Gasteiger partial charge in [0, 0.05) is 24.9 Å². The fourth-order valence-electron chi connectivity index (χ4n) is 2.46. The van der Waals surface area contributed by atoms with E-state index in [2.05, 4.69) is 10.8 Å². The van der Waals surface area contributed by atoms with E-state index in [0.29, 0.717) is 29.1 Å².